The van der Waals surface area contributed by atoms with Gasteiger partial charge in [0.25, 0.3) is 0 Å². The Morgan fingerprint density at radius 1 is 1.10 bits per heavy atom. The van der Waals surface area contributed by atoms with Crippen molar-refractivity contribution in [2.45, 2.75) is 19.4 Å². The number of furan rings is 1. The van der Waals surface area contributed by atoms with Crippen LogP contribution in [0.5, 0.6) is 0 Å². The van der Waals surface area contributed by atoms with Crippen LogP contribution in [-0.4, -0.2) is 5.91 Å². The molecule has 0 radical (unpaired) electrons. The maximum atomic E-state index is 12.2. The molecule has 106 valence electrons. The van der Waals surface area contributed by atoms with Gasteiger partial charge in [0.15, 0.2) is 0 Å². The van der Waals surface area contributed by atoms with Crippen molar-refractivity contribution < 1.29 is 9.21 Å². The van der Waals surface area contributed by atoms with Crippen LogP contribution in [0.4, 0.5) is 0 Å². The normalized spacial score (nSPS) is 12.2. The fourth-order valence-electron chi connectivity index (χ4n) is 2.52. The standard InChI is InChI=1S/C18H17NO2/c1-13(17-10-5-11-21-17)19-18(20)12-15-8-4-7-14-6-2-3-9-16(14)15/h2-11,13H,12H2,1H3,(H,19,20)/t13-/m1/s1. The third-order valence-electron chi connectivity index (χ3n) is 3.58. The van der Waals surface area contributed by atoms with Gasteiger partial charge in [-0.15, -0.1) is 0 Å². The molecule has 0 spiro atoms. The Morgan fingerprint density at radius 3 is 2.71 bits per heavy atom. The van der Waals surface area contributed by atoms with Crippen molar-refractivity contribution in [3.05, 3.63) is 72.2 Å². The first-order chi connectivity index (χ1) is 10.2. The second kappa shape index (κ2) is 5.83. The molecule has 0 bridgehead atoms. The van der Waals surface area contributed by atoms with E-state index in [0.717, 1.165) is 22.1 Å². The average molecular weight is 279 g/mol. The first kappa shape index (κ1) is 13.4. The van der Waals surface area contributed by atoms with Crippen LogP contribution in [-0.2, 0) is 11.2 Å². The number of hydrogen-bond acceptors (Lipinski definition) is 2. The van der Waals surface area contributed by atoms with Crippen LogP contribution in [0.3, 0.4) is 0 Å². The quantitative estimate of drug-likeness (QED) is 0.788. The molecular formula is C18H17NO2. The third kappa shape index (κ3) is 2.97. The van der Waals surface area contributed by atoms with Gasteiger partial charge in [-0.1, -0.05) is 42.5 Å². The van der Waals surface area contributed by atoms with Crippen molar-refractivity contribution in [3.8, 4) is 0 Å². The summed E-state index contributed by atoms with van der Waals surface area (Å²) in [4.78, 5) is 12.2. The summed E-state index contributed by atoms with van der Waals surface area (Å²) in [6.45, 7) is 1.92. The van der Waals surface area contributed by atoms with Gasteiger partial charge in [0, 0.05) is 0 Å². The minimum atomic E-state index is -0.123. The second-order valence-electron chi connectivity index (χ2n) is 5.12. The minimum Gasteiger partial charge on any atom is -0.467 e. The monoisotopic (exact) mass is 279 g/mol. The molecule has 0 fully saturated rings. The van der Waals surface area contributed by atoms with E-state index in [4.69, 9.17) is 4.42 Å². The van der Waals surface area contributed by atoms with Crippen LogP contribution in [0, 0.1) is 0 Å². The molecule has 0 unspecified atom stereocenters. The molecule has 3 heteroatoms. The SMILES string of the molecule is C[C@@H](NC(=O)Cc1cccc2ccccc12)c1ccco1. The summed E-state index contributed by atoms with van der Waals surface area (Å²) in [7, 11) is 0. The Labute approximate surface area is 123 Å². The Hall–Kier alpha value is -2.55. The maximum absolute atomic E-state index is 12.2. The number of rotatable bonds is 4. The lowest BCUT2D eigenvalue weighted by molar-refractivity contribution is -0.121. The molecule has 1 heterocycles. The van der Waals surface area contributed by atoms with Gasteiger partial charge < -0.3 is 9.73 Å². The smallest absolute Gasteiger partial charge is 0.225 e. The van der Waals surface area contributed by atoms with Crippen molar-refractivity contribution >= 4 is 16.7 Å². The van der Waals surface area contributed by atoms with E-state index < -0.39 is 0 Å². The van der Waals surface area contributed by atoms with Crippen molar-refractivity contribution in [1.82, 2.24) is 5.32 Å². The average Bonchev–Trinajstić information content (AvgIpc) is 3.02. The number of amides is 1. The fourth-order valence-corrected chi connectivity index (χ4v) is 2.52. The number of carbonyl (C=O) groups excluding carboxylic acids is 1. The van der Waals surface area contributed by atoms with E-state index in [2.05, 4.69) is 17.4 Å². The van der Waals surface area contributed by atoms with Gasteiger partial charge in [-0.2, -0.15) is 0 Å². The summed E-state index contributed by atoms with van der Waals surface area (Å²) in [6, 6.07) is 17.7. The molecule has 1 aromatic heterocycles. The highest BCUT2D eigenvalue weighted by atomic mass is 16.3. The minimum absolute atomic E-state index is 0.00440. The Bertz CT molecular complexity index is 742. The van der Waals surface area contributed by atoms with Crippen LogP contribution in [0.2, 0.25) is 0 Å². The van der Waals surface area contributed by atoms with Crippen molar-refractivity contribution in [2.24, 2.45) is 0 Å². The molecule has 3 aromatic rings. The zero-order valence-electron chi connectivity index (χ0n) is 11.9. The largest absolute Gasteiger partial charge is 0.467 e. The highest BCUT2D eigenvalue weighted by Gasteiger charge is 2.13. The molecule has 0 aliphatic carbocycles. The Balaban J connectivity index is 1.75. The summed E-state index contributed by atoms with van der Waals surface area (Å²) in [5, 5.41) is 5.24. The lowest BCUT2D eigenvalue weighted by Gasteiger charge is -2.12. The third-order valence-corrected chi connectivity index (χ3v) is 3.58. The van der Waals surface area contributed by atoms with Gasteiger partial charge in [0.1, 0.15) is 5.76 Å². The van der Waals surface area contributed by atoms with Crippen LogP contribution >= 0.6 is 0 Å². The van der Waals surface area contributed by atoms with Gasteiger partial charge in [0.2, 0.25) is 5.91 Å². The molecule has 0 saturated heterocycles. The molecule has 0 saturated carbocycles. The zero-order valence-corrected chi connectivity index (χ0v) is 11.9. The number of hydrogen-bond donors (Lipinski definition) is 1. The topological polar surface area (TPSA) is 42.2 Å². The Kier molecular flexibility index (Phi) is 3.73. The van der Waals surface area contributed by atoms with E-state index in [0.29, 0.717) is 6.42 Å². The molecule has 0 aliphatic rings. The van der Waals surface area contributed by atoms with Gasteiger partial charge in [-0.05, 0) is 35.4 Å². The van der Waals surface area contributed by atoms with Crippen molar-refractivity contribution in [1.29, 1.82) is 0 Å². The van der Waals surface area contributed by atoms with Crippen LogP contribution in [0.15, 0.2) is 65.3 Å². The van der Waals surface area contributed by atoms with Gasteiger partial charge in [-0.3, -0.25) is 4.79 Å². The molecule has 1 atom stereocenters. The number of nitrogens with one attached hydrogen (secondary N) is 1. The fraction of sp³-hybridized carbons (Fsp3) is 0.167. The predicted octanol–water partition coefficient (Wildman–Crippen LogP) is 3.85. The van der Waals surface area contributed by atoms with E-state index in [9.17, 15) is 4.79 Å². The first-order valence-corrected chi connectivity index (χ1v) is 7.03. The molecule has 3 rings (SSSR count). The molecule has 1 amide bonds. The van der Waals surface area contributed by atoms with E-state index in [-0.39, 0.29) is 11.9 Å². The lowest BCUT2D eigenvalue weighted by atomic mass is 10.0. The van der Waals surface area contributed by atoms with Gasteiger partial charge in [0.05, 0.1) is 18.7 Å². The van der Waals surface area contributed by atoms with Crippen LogP contribution in [0.25, 0.3) is 10.8 Å². The summed E-state index contributed by atoms with van der Waals surface area (Å²) >= 11 is 0. The van der Waals surface area contributed by atoms with Crippen molar-refractivity contribution in [3.63, 3.8) is 0 Å². The zero-order chi connectivity index (χ0) is 14.7. The summed E-state index contributed by atoms with van der Waals surface area (Å²) in [5.74, 6) is 0.761. The molecule has 3 nitrogen and oxygen atoms in total. The molecule has 2 aromatic carbocycles. The van der Waals surface area contributed by atoms with Crippen LogP contribution in [0.1, 0.15) is 24.3 Å². The lowest BCUT2D eigenvalue weighted by Crippen LogP contribution is -2.27. The predicted molar refractivity (Wildman–Crippen MR) is 82.9 cm³/mol. The number of carbonyl (C=O) groups is 1. The number of benzene rings is 2. The molecule has 21 heavy (non-hydrogen) atoms. The molecule has 1 N–H and O–H groups in total. The van der Waals surface area contributed by atoms with E-state index in [1.54, 1.807) is 6.26 Å². The summed E-state index contributed by atoms with van der Waals surface area (Å²) in [5.41, 5.74) is 1.04. The maximum Gasteiger partial charge on any atom is 0.225 e. The molecule has 0 aliphatic heterocycles. The molecular weight excluding hydrogens is 262 g/mol. The van der Waals surface area contributed by atoms with Crippen molar-refractivity contribution in [2.75, 3.05) is 0 Å². The second-order valence-corrected chi connectivity index (χ2v) is 5.12. The first-order valence-electron chi connectivity index (χ1n) is 7.03. The summed E-state index contributed by atoms with van der Waals surface area (Å²) < 4.78 is 5.30. The van der Waals surface area contributed by atoms with E-state index in [1.807, 2.05) is 49.4 Å². The van der Waals surface area contributed by atoms with Gasteiger partial charge in [-0.25, -0.2) is 0 Å². The van der Waals surface area contributed by atoms with Crippen LogP contribution < -0.4 is 5.32 Å². The van der Waals surface area contributed by atoms with Gasteiger partial charge >= 0.3 is 0 Å². The highest BCUT2D eigenvalue weighted by Crippen LogP contribution is 2.19. The van der Waals surface area contributed by atoms with E-state index >= 15 is 0 Å². The van der Waals surface area contributed by atoms with E-state index in [1.165, 1.54) is 0 Å². The highest BCUT2D eigenvalue weighted by molar-refractivity contribution is 5.90. The Morgan fingerprint density at radius 2 is 1.90 bits per heavy atom. The number of fused-ring (bicyclic) bond motifs is 1. The summed E-state index contributed by atoms with van der Waals surface area (Å²) in [6.07, 6.45) is 1.98.